The smallest absolute Gasteiger partial charge is 0.203 e. The molecule has 3 rings (SSSR count). The molecular weight excluding hydrogens is 332 g/mol. The average Bonchev–Trinajstić information content (AvgIpc) is 2.55. The highest BCUT2D eigenvalue weighted by Crippen LogP contribution is 2.57. The Morgan fingerprint density at radius 3 is 2.19 bits per heavy atom. The number of methoxy groups -OCH3 is 2. The second kappa shape index (κ2) is 6.07. The van der Waals surface area contributed by atoms with Crippen LogP contribution >= 0.6 is 15.9 Å². The highest BCUT2D eigenvalue weighted by Gasteiger charge is 2.55. The van der Waals surface area contributed by atoms with E-state index >= 15 is 0 Å². The lowest BCUT2D eigenvalue weighted by Crippen LogP contribution is -2.57. The van der Waals surface area contributed by atoms with Gasteiger partial charge in [0.2, 0.25) is 5.75 Å². The first-order valence-corrected chi connectivity index (χ1v) is 8.64. The summed E-state index contributed by atoms with van der Waals surface area (Å²) < 4.78 is 17.3. The fourth-order valence-electron chi connectivity index (χ4n) is 3.78. The summed E-state index contributed by atoms with van der Waals surface area (Å²) >= 11 is 3.86. The number of hydrogen-bond acceptors (Lipinski definition) is 3. The van der Waals surface area contributed by atoms with Crippen LogP contribution in [0.25, 0.3) is 0 Å². The maximum Gasteiger partial charge on any atom is 0.203 e. The Morgan fingerprint density at radius 1 is 1.05 bits per heavy atom. The molecule has 0 N–H and O–H groups in total. The number of halogens is 1. The molecule has 2 atom stereocenters. The van der Waals surface area contributed by atoms with E-state index in [-0.39, 0.29) is 6.10 Å². The largest absolute Gasteiger partial charge is 0.493 e. The molecule has 0 heterocycles. The molecule has 2 fully saturated rings. The van der Waals surface area contributed by atoms with Crippen molar-refractivity contribution in [1.82, 2.24) is 0 Å². The van der Waals surface area contributed by atoms with Gasteiger partial charge in [-0.15, -0.1) is 0 Å². The highest BCUT2D eigenvalue weighted by molar-refractivity contribution is 9.09. The molecule has 4 heteroatoms. The highest BCUT2D eigenvalue weighted by atomic mass is 79.9. The van der Waals surface area contributed by atoms with Crippen LogP contribution in [-0.2, 0) is 0 Å². The van der Waals surface area contributed by atoms with Crippen LogP contribution in [0.3, 0.4) is 0 Å². The molecule has 116 valence electrons. The van der Waals surface area contributed by atoms with Crippen LogP contribution in [0, 0.1) is 5.41 Å². The van der Waals surface area contributed by atoms with Gasteiger partial charge in [0.1, 0.15) is 6.10 Å². The third-order valence-electron chi connectivity index (χ3n) is 5.11. The van der Waals surface area contributed by atoms with Crippen molar-refractivity contribution < 1.29 is 14.2 Å². The quantitative estimate of drug-likeness (QED) is 0.741. The van der Waals surface area contributed by atoms with Gasteiger partial charge < -0.3 is 14.2 Å². The van der Waals surface area contributed by atoms with Crippen LogP contribution in [0.15, 0.2) is 18.2 Å². The second-order valence-electron chi connectivity index (χ2n) is 6.10. The summed E-state index contributed by atoms with van der Waals surface area (Å²) in [5.74, 6) is 2.24. The lowest BCUT2D eigenvalue weighted by molar-refractivity contribution is -0.0619. The molecule has 1 aromatic rings. The first-order chi connectivity index (χ1) is 10.2. The van der Waals surface area contributed by atoms with Gasteiger partial charge in [-0.05, 0) is 31.4 Å². The summed E-state index contributed by atoms with van der Waals surface area (Å²) in [5.41, 5.74) is 0.296. The van der Waals surface area contributed by atoms with E-state index in [0.29, 0.717) is 10.2 Å². The topological polar surface area (TPSA) is 27.7 Å². The Balaban J connectivity index is 1.84. The van der Waals surface area contributed by atoms with Crippen LogP contribution in [0.4, 0.5) is 0 Å². The van der Waals surface area contributed by atoms with E-state index < -0.39 is 0 Å². The van der Waals surface area contributed by atoms with Gasteiger partial charge in [0.05, 0.1) is 14.2 Å². The van der Waals surface area contributed by atoms with Gasteiger partial charge in [-0.25, -0.2) is 0 Å². The van der Waals surface area contributed by atoms with Gasteiger partial charge in [-0.2, -0.15) is 0 Å². The fourth-order valence-corrected chi connectivity index (χ4v) is 4.88. The Labute approximate surface area is 135 Å². The molecule has 0 saturated heterocycles. The van der Waals surface area contributed by atoms with Crippen molar-refractivity contribution >= 4 is 15.9 Å². The van der Waals surface area contributed by atoms with Crippen molar-refractivity contribution in [2.75, 3.05) is 14.2 Å². The molecule has 1 spiro atoms. The molecule has 3 nitrogen and oxygen atoms in total. The van der Waals surface area contributed by atoms with E-state index in [4.69, 9.17) is 14.2 Å². The molecule has 2 unspecified atom stereocenters. The van der Waals surface area contributed by atoms with E-state index in [1.54, 1.807) is 14.2 Å². The van der Waals surface area contributed by atoms with Crippen molar-refractivity contribution in [2.45, 2.75) is 49.5 Å². The van der Waals surface area contributed by atoms with Gasteiger partial charge in [0.15, 0.2) is 11.5 Å². The van der Waals surface area contributed by atoms with Crippen LogP contribution in [0.2, 0.25) is 0 Å². The number of para-hydroxylation sites is 1. The molecule has 0 radical (unpaired) electrons. The van der Waals surface area contributed by atoms with Crippen LogP contribution in [0.5, 0.6) is 17.2 Å². The van der Waals surface area contributed by atoms with E-state index in [2.05, 4.69) is 15.9 Å². The third kappa shape index (κ3) is 2.52. The maximum atomic E-state index is 6.38. The molecule has 1 aromatic carbocycles. The van der Waals surface area contributed by atoms with Crippen molar-refractivity contribution in [3.8, 4) is 17.2 Å². The molecule has 0 aliphatic heterocycles. The number of alkyl halides is 1. The summed E-state index contributed by atoms with van der Waals surface area (Å²) in [5, 5.41) is 0. The van der Waals surface area contributed by atoms with E-state index in [1.165, 1.54) is 32.1 Å². The lowest BCUT2D eigenvalue weighted by Gasteiger charge is -2.55. The third-order valence-corrected chi connectivity index (χ3v) is 6.40. The summed E-state index contributed by atoms with van der Waals surface area (Å²) in [6.45, 7) is 0. The van der Waals surface area contributed by atoms with Crippen LogP contribution < -0.4 is 14.2 Å². The lowest BCUT2D eigenvalue weighted by atomic mass is 9.58. The number of rotatable bonds is 4. The minimum Gasteiger partial charge on any atom is -0.493 e. The van der Waals surface area contributed by atoms with Crippen LogP contribution in [0.1, 0.15) is 38.5 Å². The minimum atomic E-state index is 0.257. The van der Waals surface area contributed by atoms with Crippen molar-refractivity contribution in [3.63, 3.8) is 0 Å². The van der Waals surface area contributed by atoms with Crippen molar-refractivity contribution in [1.29, 1.82) is 0 Å². The van der Waals surface area contributed by atoms with Gasteiger partial charge in [0, 0.05) is 10.2 Å². The molecule has 0 bridgehead atoms. The first-order valence-electron chi connectivity index (χ1n) is 7.73. The molecule has 0 aromatic heterocycles. The van der Waals surface area contributed by atoms with E-state index in [1.807, 2.05) is 18.2 Å². The summed E-state index contributed by atoms with van der Waals surface area (Å²) in [6.07, 6.45) is 7.80. The van der Waals surface area contributed by atoms with Crippen molar-refractivity contribution in [2.24, 2.45) is 5.41 Å². The predicted molar refractivity (Wildman–Crippen MR) is 86.8 cm³/mol. The predicted octanol–water partition coefficient (Wildman–Crippen LogP) is 4.57. The van der Waals surface area contributed by atoms with Gasteiger partial charge in [0.25, 0.3) is 0 Å². The average molecular weight is 355 g/mol. The Morgan fingerprint density at radius 2 is 1.67 bits per heavy atom. The first kappa shape index (κ1) is 15.0. The van der Waals surface area contributed by atoms with Crippen LogP contribution in [-0.4, -0.2) is 25.2 Å². The Bertz CT molecular complexity index is 475. The van der Waals surface area contributed by atoms with E-state index in [9.17, 15) is 0 Å². The fraction of sp³-hybridized carbons (Fsp3) is 0.647. The number of ether oxygens (including phenoxy) is 3. The zero-order valence-electron chi connectivity index (χ0n) is 12.7. The molecule has 0 amide bonds. The normalized spacial score (nSPS) is 27.0. The van der Waals surface area contributed by atoms with Gasteiger partial charge in [-0.3, -0.25) is 0 Å². The molecule has 2 aliphatic carbocycles. The second-order valence-corrected chi connectivity index (χ2v) is 7.20. The van der Waals surface area contributed by atoms with Gasteiger partial charge >= 0.3 is 0 Å². The Kier molecular flexibility index (Phi) is 4.34. The molecule has 2 aliphatic rings. The van der Waals surface area contributed by atoms with Gasteiger partial charge in [-0.1, -0.05) is 41.3 Å². The van der Waals surface area contributed by atoms with E-state index in [0.717, 1.165) is 23.7 Å². The summed E-state index contributed by atoms with van der Waals surface area (Å²) in [4.78, 5) is 0.580. The molecule has 21 heavy (non-hydrogen) atoms. The summed E-state index contributed by atoms with van der Waals surface area (Å²) in [7, 11) is 3.35. The number of benzene rings is 1. The Hall–Kier alpha value is -0.900. The minimum absolute atomic E-state index is 0.257. The zero-order valence-corrected chi connectivity index (χ0v) is 14.3. The molecular formula is C17H23BrO3. The SMILES string of the molecule is COc1cccc(OC)c1OC1CC(Br)C12CCCCC2. The zero-order chi connectivity index (χ0) is 14.9. The van der Waals surface area contributed by atoms with Crippen molar-refractivity contribution in [3.05, 3.63) is 18.2 Å². The molecule has 2 saturated carbocycles. The summed E-state index contributed by atoms with van der Waals surface area (Å²) in [6, 6.07) is 5.78. The maximum absolute atomic E-state index is 6.38. The standard InChI is InChI=1S/C17H23BrO3/c1-19-12-7-6-8-13(20-2)16(12)21-15-11-14(18)17(15)9-4-3-5-10-17/h6-8,14-15H,3-5,9-11H2,1-2H3. The number of hydrogen-bond donors (Lipinski definition) is 0. The monoisotopic (exact) mass is 354 g/mol.